The molecule has 6 heteroatoms. The van der Waals surface area contributed by atoms with Crippen LogP contribution in [0, 0.1) is 5.92 Å². The largest absolute Gasteiger partial charge is 0.271 e. The molecule has 4 nitrogen and oxygen atoms in total. The van der Waals surface area contributed by atoms with Crippen LogP contribution in [0.2, 0.25) is 0 Å². The van der Waals surface area contributed by atoms with Crippen LogP contribution in [-0.2, 0) is 16.3 Å². The highest BCUT2D eigenvalue weighted by Gasteiger charge is 2.29. The molecule has 1 heterocycles. The van der Waals surface area contributed by atoms with Gasteiger partial charge >= 0.3 is 0 Å². The van der Waals surface area contributed by atoms with E-state index in [2.05, 4.69) is 27.4 Å². The maximum atomic E-state index is 11.5. The maximum Gasteiger partial charge on any atom is 0.150 e. The van der Waals surface area contributed by atoms with Gasteiger partial charge in [0.15, 0.2) is 9.84 Å². The highest BCUT2D eigenvalue weighted by Crippen LogP contribution is 2.25. The highest BCUT2D eigenvalue weighted by atomic mass is 79.9. The van der Waals surface area contributed by atoms with Crippen LogP contribution in [0.1, 0.15) is 18.4 Å². The predicted octanol–water partition coefficient (Wildman–Crippen LogP) is 1.65. The third-order valence-corrected chi connectivity index (χ3v) is 6.22. The van der Waals surface area contributed by atoms with Gasteiger partial charge in [0.25, 0.3) is 0 Å². The lowest BCUT2D eigenvalue weighted by Crippen LogP contribution is -2.38. The van der Waals surface area contributed by atoms with E-state index in [1.165, 1.54) is 5.56 Å². The fourth-order valence-corrected chi connectivity index (χ4v) is 4.93. The summed E-state index contributed by atoms with van der Waals surface area (Å²) in [5, 5.41) is 0. The normalized spacial score (nSPS) is 23.4. The number of halogens is 1. The second kappa shape index (κ2) is 6.35. The molecular weight excluding hydrogens is 328 g/mol. The van der Waals surface area contributed by atoms with E-state index in [0.29, 0.717) is 11.5 Å². The topological polar surface area (TPSA) is 72.2 Å². The van der Waals surface area contributed by atoms with Gasteiger partial charge in [-0.1, -0.05) is 34.1 Å². The van der Waals surface area contributed by atoms with Gasteiger partial charge in [-0.05, 0) is 36.8 Å². The molecule has 0 bridgehead atoms. The molecule has 19 heavy (non-hydrogen) atoms. The Hall–Kier alpha value is -0.430. The van der Waals surface area contributed by atoms with Gasteiger partial charge < -0.3 is 0 Å². The van der Waals surface area contributed by atoms with E-state index in [4.69, 9.17) is 5.84 Å². The molecule has 1 aromatic carbocycles. The average Bonchev–Trinajstić information content (AvgIpc) is 2.70. The van der Waals surface area contributed by atoms with Gasteiger partial charge in [0.1, 0.15) is 0 Å². The van der Waals surface area contributed by atoms with Gasteiger partial charge in [0, 0.05) is 10.5 Å². The lowest BCUT2D eigenvalue weighted by atomic mass is 9.95. The zero-order valence-electron chi connectivity index (χ0n) is 10.7. The van der Waals surface area contributed by atoms with Crippen molar-refractivity contribution in [1.82, 2.24) is 5.43 Å². The van der Waals surface area contributed by atoms with E-state index in [0.717, 1.165) is 23.7 Å². The number of rotatable bonds is 5. The van der Waals surface area contributed by atoms with E-state index in [9.17, 15) is 8.42 Å². The molecule has 0 saturated carbocycles. The van der Waals surface area contributed by atoms with Gasteiger partial charge in [0.2, 0.25) is 0 Å². The molecule has 0 spiro atoms. The van der Waals surface area contributed by atoms with E-state index in [1.54, 1.807) is 0 Å². The van der Waals surface area contributed by atoms with Crippen LogP contribution in [0.3, 0.4) is 0 Å². The van der Waals surface area contributed by atoms with Crippen molar-refractivity contribution >= 4 is 25.8 Å². The van der Waals surface area contributed by atoms with Crippen molar-refractivity contribution in [3.05, 3.63) is 34.3 Å². The van der Waals surface area contributed by atoms with Crippen LogP contribution in [0.4, 0.5) is 0 Å². The molecule has 1 saturated heterocycles. The number of hydrogen-bond acceptors (Lipinski definition) is 4. The van der Waals surface area contributed by atoms with Crippen molar-refractivity contribution in [2.24, 2.45) is 11.8 Å². The van der Waals surface area contributed by atoms with Gasteiger partial charge in [-0.2, -0.15) is 0 Å². The minimum absolute atomic E-state index is 0.108. The lowest BCUT2D eigenvalue weighted by molar-refractivity contribution is 0.408. The van der Waals surface area contributed by atoms with Crippen molar-refractivity contribution in [3.63, 3.8) is 0 Å². The summed E-state index contributed by atoms with van der Waals surface area (Å²) in [5.74, 6) is 6.46. The highest BCUT2D eigenvalue weighted by molar-refractivity contribution is 9.10. The van der Waals surface area contributed by atoms with Crippen molar-refractivity contribution in [2.45, 2.75) is 25.3 Å². The van der Waals surface area contributed by atoms with E-state index >= 15 is 0 Å². The Labute approximate surface area is 122 Å². The molecule has 1 fully saturated rings. The zero-order valence-corrected chi connectivity index (χ0v) is 13.1. The van der Waals surface area contributed by atoms with E-state index < -0.39 is 9.84 Å². The monoisotopic (exact) mass is 346 g/mol. The Morgan fingerprint density at radius 3 is 2.74 bits per heavy atom. The number of nitrogens with one attached hydrogen (secondary N) is 1. The quantitative estimate of drug-likeness (QED) is 0.628. The van der Waals surface area contributed by atoms with Crippen molar-refractivity contribution < 1.29 is 8.42 Å². The average molecular weight is 347 g/mol. The first kappa shape index (κ1) is 15.0. The second-order valence-corrected chi connectivity index (χ2v) is 8.25. The summed E-state index contributed by atoms with van der Waals surface area (Å²) in [7, 11) is -2.81. The van der Waals surface area contributed by atoms with Crippen molar-refractivity contribution in [3.8, 4) is 0 Å². The predicted molar refractivity (Wildman–Crippen MR) is 80.3 cm³/mol. The summed E-state index contributed by atoms with van der Waals surface area (Å²) in [4.78, 5) is 0. The molecule has 0 radical (unpaired) electrons. The minimum atomic E-state index is -2.81. The number of benzene rings is 1. The molecule has 2 unspecified atom stereocenters. The lowest BCUT2D eigenvalue weighted by Gasteiger charge is -2.19. The number of nitrogens with two attached hydrogens (primary N) is 1. The molecule has 1 aliphatic heterocycles. The zero-order chi connectivity index (χ0) is 13.9. The van der Waals surface area contributed by atoms with Crippen LogP contribution < -0.4 is 11.3 Å². The van der Waals surface area contributed by atoms with E-state index in [-0.39, 0.29) is 12.0 Å². The summed E-state index contributed by atoms with van der Waals surface area (Å²) in [6.45, 7) is 0. The summed E-state index contributed by atoms with van der Waals surface area (Å²) in [6.07, 6.45) is 2.36. The Balaban J connectivity index is 1.96. The minimum Gasteiger partial charge on any atom is -0.271 e. The standard InChI is InChI=1S/C13H19BrN2O2S/c14-13-4-2-1-3-11(13)8-12(16-15)7-10-5-6-19(17,18)9-10/h1-4,10,12,16H,5-9,15H2. The summed E-state index contributed by atoms with van der Waals surface area (Å²) < 4.78 is 24.0. The van der Waals surface area contributed by atoms with Crippen LogP contribution >= 0.6 is 15.9 Å². The molecule has 106 valence electrons. The van der Waals surface area contributed by atoms with Crippen LogP contribution in [0.5, 0.6) is 0 Å². The fraction of sp³-hybridized carbons (Fsp3) is 0.538. The Kier molecular flexibility index (Phi) is 5.00. The Morgan fingerprint density at radius 1 is 1.42 bits per heavy atom. The van der Waals surface area contributed by atoms with Gasteiger partial charge in [0.05, 0.1) is 11.5 Å². The molecular formula is C13H19BrN2O2S. The first-order valence-corrected chi connectivity index (χ1v) is 9.01. The summed E-state index contributed by atoms with van der Waals surface area (Å²) in [6, 6.07) is 8.13. The third kappa shape index (κ3) is 4.27. The SMILES string of the molecule is NNC(Cc1ccccc1Br)CC1CCS(=O)(=O)C1. The number of hydrogen-bond donors (Lipinski definition) is 2. The van der Waals surface area contributed by atoms with Crippen molar-refractivity contribution in [1.29, 1.82) is 0 Å². The second-order valence-electron chi connectivity index (χ2n) is 5.16. The summed E-state index contributed by atoms with van der Waals surface area (Å²) >= 11 is 3.52. The molecule has 1 aromatic rings. The molecule has 1 aliphatic rings. The van der Waals surface area contributed by atoms with Crippen LogP contribution in [-0.4, -0.2) is 26.0 Å². The summed E-state index contributed by atoms with van der Waals surface area (Å²) in [5.41, 5.74) is 4.00. The molecule has 0 amide bonds. The molecule has 0 aliphatic carbocycles. The van der Waals surface area contributed by atoms with Crippen LogP contribution in [0.25, 0.3) is 0 Å². The van der Waals surface area contributed by atoms with Crippen LogP contribution in [0.15, 0.2) is 28.7 Å². The Morgan fingerprint density at radius 2 is 2.16 bits per heavy atom. The van der Waals surface area contributed by atoms with E-state index in [1.807, 2.05) is 18.2 Å². The molecule has 2 rings (SSSR count). The van der Waals surface area contributed by atoms with Gasteiger partial charge in [-0.15, -0.1) is 0 Å². The Bertz CT molecular complexity index is 533. The smallest absolute Gasteiger partial charge is 0.150 e. The molecule has 3 N–H and O–H groups in total. The number of sulfone groups is 1. The fourth-order valence-electron chi connectivity index (χ4n) is 2.60. The maximum absolute atomic E-state index is 11.5. The van der Waals surface area contributed by atoms with Crippen molar-refractivity contribution in [2.75, 3.05) is 11.5 Å². The first-order chi connectivity index (χ1) is 9.00. The third-order valence-electron chi connectivity index (χ3n) is 3.60. The first-order valence-electron chi connectivity index (χ1n) is 6.40. The molecule has 0 aromatic heterocycles. The van der Waals surface area contributed by atoms with Gasteiger partial charge in [-0.3, -0.25) is 11.3 Å². The van der Waals surface area contributed by atoms with Gasteiger partial charge in [-0.25, -0.2) is 8.42 Å². The number of hydrazine groups is 1. The molecule has 2 atom stereocenters.